The van der Waals surface area contributed by atoms with Crippen LogP contribution in [0.5, 0.6) is 0 Å². The third-order valence-corrected chi connectivity index (χ3v) is 1.95. The molecule has 0 unspecified atom stereocenters. The van der Waals surface area contributed by atoms with Crippen LogP contribution >= 0.6 is 0 Å². The minimum absolute atomic E-state index is 0.847. The third-order valence-electron chi connectivity index (χ3n) is 1.95. The van der Waals surface area contributed by atoms with E-state index in [-0.39, 0.29) is 0 Å². The Bertz CT molecular complexity index is 163. The molecule has 1 saturated carbocycles. The number of carboxylic acids is 2. The van der Waals surface area contributed by atoms with Gasteiger partial charge in [0.2, 0.25) is 0 Å². The molecule has 1 aliphatic rings. The molecule has 3 N–H and O–H groups in total. The summed E-state index contributed by atoms with van der Waals surface area (Å²) in [5, 5.41) is 18.0. The fourth-order valence-corrected chi connectivity index (χ4v) is 1.21. The van der Waals surface area contributed by atoms with Crippen molar-refractivity contribution in [3.8, 4) is 0 Å². The van der Waals surface area contributed by atoms with Gasteiger partial charge in [0.25, 0.3) is 0 Å². The molecule has 13 heavy (non-hydrogen) atoms. The normalized spacial score (nSPS) is 16.1. The summed E-state index contributed by atoms with van der Waals surface area (Å²) in [4.78, 5) is 18.2. The molecule has 0 radical (unpaired) electrons. The average molecular weight is 189 g/mol. The zero-order chi connectivity index (χ0) is 10.3. The van der Waals surface area contributed by atoms with E-state index in [2.05, 4.69) is 12.4 Å². The molecule has 0 atom stereocenters. The van der Waals surface area contributed by atoms with Crippen molar-refractivity contribution >= 4 is 11.9 Å². The quantitative estimate of drug-likeness (QED) is 0.516. The highest BCUT2D eigenvalue weighted by atomic mass is 16.4. The van der Waals surface area contributed by atoms with E-state index >= 15 is 0 Å². The van der Waals surface area contributed by atoms with Crippen LogP contribution in [0.3, 0.4) is 0 Å². The first-order valence-electron chi connectivity index (χ1n) is 4.21. The van der Waals surface area contributed by atoms with Crippen molar-refractivity contribution in [2.45, 2.75) is 31.7 Å². The zero-order valence-corrected chi connectivity index (χ0v) is 7.62. The fraction of sp³-hybridized carbons (Fsp3) is 0.750. The molecule has 0 aromatic carbocycles. The topological polar surface area (TPSA) is 86.6 Å². The van der Waals surface area contributed by atoms with Gasteiger partial charge in [-0.2, -0.15) is 0 Å². The lowest BCUT2D eigenvalue weighted by Gasteiger charge is -2.03. The lowest BCUT2D eigenvalue weighted by Crippen LogP contribution is -2.20. The summed E-state index contributed by atoms with van der Waals surface area (Å²) in [6.07, 6.45) is 5.67. The largest absolute Gasteiger partial charge is 0.473 e. The Morgan fingerprint density at radius 2 is 1.54 bits per heavy atom. The van der Waals surface area contributed by atoms with Gasteiger partial charge in [-0.25, -0.2) is 9.59 Å². The van der Waals surface area contributed by atoms with Gasteiger partial charge in [0.05, 0.1) is 0 Å². The van der Waals surface area contributed by atoms with Gasteiger partial charge >= 0.3 is 11.9 Å². The number of carbonyl (C=O) groups is 2. The molecule has 0 bridgehead atoms. The number of hydrogen-bond donors (Lipinski definition) is 3. The summed E-state index contributed by atoms with van der Waals surface area (Å²) in [5.41, 5.74) is 0. The molecule has 0 aromatic heterocycles. The van der Waals surface area contributed by atoms with E-state index in [4.69, 9.17) is 19.8 Å². The molecule has 1 fully saturated rings. The van der Waals surface area contributed by atoms with Gasteiger partial charge in [0.15, 0.2) is 0 Å². The minimum atomic E-state index is -1.82. The maximum absolute atomic E-state index is 9.10. The summed E-state index contributed by atoms with van der Waals surface area (Å²) in [7, 11) is 2.05. The summed E-state index contributed by atoms with van der Waals surface area (Å²) in [6, 6.07) is 0.847. The highest BCUT2D eigenvalue weighted by Gasteiger charge is 2.10. The van der Waals surface area contributed by atoms with Crippen molar-refractivity contribution in [3.05, 3.63) is 0 Å². The molecule has 1 rings (SSSR count). The predicted molar refractivity (Wildman–Crippen MR) is 46.6 cm³/mol. The fourth-order valence-electron chi connectivity index (χ4n) is 1.21. The van der Waals surface area contributed by atoms with Crippen molar-refractivity contribution < 1.29 is 19.8 Å². The van der Waals surface area contributed by atoms with Crippen LogP contribution in [-0.2, 0) is 9.59 Å². The van der Waals surface area contributed by atoms with E-state index < -0.39 is 11.9 Å². The molecule has 0 aliphatic heterocycles. The third kappa shape index (κ3) is 6.10. The van der Waals surface area contributed by atoms with Crippen molar-refractivity contribution in [3.63, 3.8) is 0 Å². The molecule has 5 heteroatoms. The lowest BCUT2D eigenvalue weighted by molar-refractivity contribution is -0.159. The molecular formula is C8H15NO4. The van der Waals surface area contributed by atoms with Crippen molar-refractivity contribution in [2.75, 3.05) is 7.05 Å². The molecule has 0 amide bonds. The maximum atomic E-state index is 9.10. The number of hydrogen-bond acceptors (Lipinski definition) is 3. The number of carboxylic acid groups (broad SMARTS) is 2. The highest BCUT2D eigenvalue weighted by molar-refractivity contribution is 6.27. The lowest BCUT2D eigenvalue weighted by atomic mass is 10.3. The highest BCUT2D eigenvalue weighted by Crippen LogP contribution is 2.16. The van der Waals surface area contributed by atoms with Crippen LogP contribution in [0.4, 0.5) is 0 Å². The molecule has 1 aliphatic carbocycles. The van der Waals surface area contributed by atoms with Crippen LogP contribution in [0.1, 0.15) is 25.7 Å². The van der Waals surface area contributed by atoms with E-state index in [0.717, 1.165) is 6.04 Å². The summed E-state index contributed by atoms with van der Waals surface area (Å²) in [5.74, 6) is -3.65. The number of rotatable bonds is 1. The Morgan fingerprint density at radius 3 is 1.69 bits per heavy atom. The van der Waals surface area contributed by atoms with Crippen LogP contribution in [0.25, 0.3) is 0 Å². The SMILES string of the molecule is CNC1CCCC1.O=C(O)C(=O)O. The van der Waals surface area contributed by atoms with Gasteiger partial charge < -0.3 is 15.5 Å². The molecule has 5 nitrogen and oxygen atoms in total. The van der Waals surface area contributed by atoms with E-state index in [0.29, 0.717) is 0 Å². The smallest absolute Gasteiger partial charge is 0.414 e. The van der Waals surface area contributed by atoms with Crippen LogP contribution in [0.15, 0.2) is 0 Å². The monoisotopic (exact) mass is 189 g/mol. The Morgan fingerprint density at radius 1 is 1.15 bits per heavy atom. The first-order chi connectivity index (χ1) is 6.07. The van der Waals surface area contributed by atoms with Gasteiger partial charge in [0, 0.05) is 6.04 Å². The van der Waals surface area contributed by atoms with E-state index in [9.17, 15) is 0 Å². The van der Waals surface area contributed by atoms with Gasteiger partial charge in [-0.05, 0) is 19.9 Å². The first kappa shape index (κ1) is 11.9. The standard InChI is InChI=1S/C6H13N.C2H2O4/c1-7-6-4-2-3-5-6;3-1(4)2(5)6/h6-7H,2-5H2,1H3;(H,3,4)(H,5,6). The number of aliphatic carboxylic acids is 2. The second-order valence-corrected chi connectivity index (χ2v) is 2.88. The molecule has 0 saturated heterocycles. The Hall–Kier alpha value is -1.10. The Balaban J connectivity index is 0.000000226. The zero-order valence-electron chi connectivity index (χ0n) is 7.62. The van der Waals surface area contributed by atoms with Crippen LogP contribution in [0, 0.1) is 0 Å². The van der Waals surface area contributed by atoms with Crippen LogP contribution in [0.2, 0.25) is 0 Å². The second-order valence-electron chi connectivity index (χ2n) is 2.88. The molecule has 0 spiro atoms. The summed E-state index contributed by atoms with van der Waals surface area (Å²) >= 11 is 0. The summed E-state index contributed by atoms with van der Waals surface area (Å²) < 4.78 is 0. The van der Waals surface area contributed by atoms with Crippen LogP contribution < -0.4 is 5.32 Å². The average Bonchev–Trinajstić information content (AvgIpc) is 2.56. The maximum Gasteiger partial charge on any atom is 0.414 e. The van der Waals surface area contributed by atoms with Gasteiger partial charge in [-0.3, -0.25) is 0 Å². The Labute approximate surface area is 76.8 Å². The molecule has 76 valence electrons. The Kier molecular flexibility index (Phi) is 5.88. The number of nitrogens with one attached hydrogen (secondary N) is 1. The van der Waals surface area contributed by atoms with Crippen molar-refractivity contribution in [1.29, 1.82) is 0 Å². The van der Waals surface area contributed by atoms with E-state index in [1.807, 2.05) is 0 Å². The first-order valence-corrected chi connectivity index (χ1v) is 4.21. The van der Waals surface area contributed by atoms with Gasteiger partial charge in [0.1, 0.15) is 0 Å². The second kappa shape index (κ2) is 6.42. The van der Waals surface area contributed by atoms with E-state index in [1.165, 1.54) is 25.7 Å². The summed E-state index contributed by atoms with van der Waals surface area (Å²) in [6.45, 7) is 0. The molecule has 0 aromatic rings. The van der Waals surface area contributed by atoms with Crippen molar-refractivity contribution in [1.82, 2.24) is 5.32 Å². The minimum Gasteiger partial charge on any atom is -0.473 e. The van der Waals surface area contributed by atoms with Crippen LogP contribution in [-0.4, -0.2) is 35.2 Å². The van der Waals surface area contributed by atoms with Gasteiger partial charge in [-0.15, -0.1) is 0 Å². The van der Waals surface area contributed by atoms with Crippen molar-refractivity contribution in [2.24, 2.45) is 0 Å². The van der Waals surface area contributed by atoms with E-state index in [1.54, 1.807) is 0 Å². The van der Waals surface area contributed by atoms with Gasteiger partial charge in [-0.1, -0.05) is 12.8 Å². The predicted octanol–water partition coefficient (Wildman–Crippen LogP) is 0.304. The molecular weight excluding hydrogens is 174 g/mol. The molecule has 0 heterocycles.